The quantitative estimate of drug-likeness (QED) is 0.184. The summed E-state index contributed by atoms with van der Waals surface area (Å²) in [5.74, 6) is -2.08. The van der Waals surface area contributed by atoms with Crippen LogP contribution in [0.3, 0.4) is 0 Å². The molecule has 0 aromatic heterocycles. The van der Waals surface area contributed by atoms with E-state index in [4.69, 9.17) is 23.7 Å². The summed E-state index contributed by atoms with van der Waals surface area (Å²) in [5, 5.41) is 4.85. The number of morpholine rings is 1. The predicted molar refractivity (Wildman–Crippen MR) is 220 cm³/mol. The Hall–Kier alpha value is -5.11. The van der Waals surface area contributed by atoms with E-state index < -0.39 is 86.5 Å². The highest BCUT2D eigenvalue weighted by Crippen LogP contribution is 2.46. The van der Waals surface area contributed by atoms with Crippen LogP contribution in [0.25, 0.3) is 0 Å². The summed E-state index contributed by atoms with van der Waals surface area (Å²) in [5.41, 5.74) is -0.709. The lowest BCUT2D eigenvalue weighted by atomic mass is 10.0. The second-order valence-corrected chi connectivity index (χ2v) is 19.8. The van der Waals surface area contributed by atoms with Crippen LogP contribution in [-0.2, 0) is 56.4 Å². The maximum atomic E-state index is 14.5. The molecule has 19 nitrogen and oxygen atoms in total. The van der Waals surface area contributed by atoms with Gasteiger partial charge in [-0.3, -0.25) is 24.0 Å². The van der Waals surface area contributed by atoms with Gasteiger partial charge >= 0.3 is 18.3 Å². The molecule has 1 aromatic carbocycles. The van der Waals surface area contributed by atoms with Crippen molar-refractivity contribution in [3.05, 3.63) is 41.5 Å². The summed E-state index contributed by atoms with van der Waals surface area (Å²) in [4.78, 5) is 85.9. The van der Waals surface area contributed by atoms with Crippen molar-refractivity contribution < 1.29 is 60.9 Å². The molecule has 2 aliphatic carbocycles. The van der Waals surface area contributed by atoms with Crippen molar-refractivity contribution in [2.24, 2.45) is 5.92 Å². The number of carbonyl (C=O) groups excluding carboxylic acids is 6. The zero-order chi connectivity index (χ0) is 44.2. The van der Waals surface area contributed by atoms with Gasteiger partial charge in [0.05, 0.1) is 25.0 Å². The molecular formula is C42H58N6O13S. The Morgan fingerprint density at radius 2 is 1.71 bits per heavy atom. The highest BCUT2D eigenvalue weighted by molar-refractivity contribution is 7.91. The Labute approximate surface area is 361 Å². The van der Waals surface area contributed by atoms with Crippen molar-refractivity contribution in [2.45, 2.75) is 126 Å². The SMILES string of the molecule is CC(C)(C)OC(=O)N[C@H]1CCCCC/C=C\[C@@H]2C[C@@]2(C(=O)NS(=O)(=O)C2CC2)NC(=O)[C@@H]2C[C@@H](OC(=O)N3Cc4ccc(OCCOC(=O)N5CCOCC5)cc4C3)CN2C1=O. The van der Waals surface area contributed by atoms with Crippen LogP contribution in [0.15, 0.2) is 30.4 Å². The minimum absolute atomic E-state index is 0.0532. The smallest absolute Gasteiger partial charge is 0.410 e. The minimum Gasteiger partial charge on any atom is -0.490 e. The molecule has 6 amide bonds. The Kier molecular flexibility index (Phi) is 13.6. The second kappa shape index (κ2) is 18.7. The lowest BCUT2D eigenvalue weighted by Gasteiger charge is -2.30. The first kappa shape index (κ1) is 44.9. The summed E-state index contributed by atoms with van der Waals surface area (Å²) >= 11 is 0. The third-order valence-electron chi connectivity index (χ3n) is 11.8. The number of amides is 6. The van der Waals surface area contributed by atoms with Gasteiger partial charge in [0.1, 0.15) is 48.3 Å². The number of rotatable bonds is 9. The van der Waals surface area contributed by atoms with E-state index in [1.807, 2.05) is 24.3 Å². The first-order valence-corrected chi connectivity index (χ1v) is 23.1. The normalized spacial score (nSPS) is 27.2. The molecule has 4 aliphatic heterocycles. The Morgan fingerprint density at radius 3 is 2.45 bits per heavy atom. The van der Waals surface area contributed by atoms with Crippen molar-refractivity contribution in [2.75, 3.05) is 46.1 Å². The van der Waals surface area contributed by atoms with E-state index in [2.05, 4.69) is 15.4 Å². The Bertz CT molecular complexity index is 2030. The molecule has 1 aromatic rings. The summed E-state index contributed by atoms with van der Waals surface area (Å²) in [6.45, 7) is 7.43. The van der Waals surface area contributed by atoms with Gasteiger partial charge in [-0.2, -0.15) is 0 Å². The third kappa shape index (κ3) is 11.1. The summed E-state index contributed by atoms with van der Waals surface area (Å²) in [6.07, 6.45) is 4.79. The van der Waals surface area contributed by atoms with Crippen LogP contribution in [0.2, 0.25) is 0 Å². The maximum absolute atomic E-state index is 14.5. The number of sulfonamides is 1. The molecule has 4 fully saturated rings. The van der Waals surface area contributed by atoms with Gasteiger partial charge in [-0.25, -0.2) is 22.8 Å². The molecule has 62 heavy (non-hydrogen) atoms. The highest BCUT2D eigenvalue weighted by Gasteiger charge is 2.62. The molecule has 4 heterocycles. The topological polar surface area (TPSA) is 229 Å². The van der Waals surface area contributed by atoms with E-state index >= 15 is 0 Å². The largest absolute Gasteiger partial charge is 0.490 e. The molecule has 0 bridgehead atoms. The van der Waals surface area contributed by atoms with E-state index in [9.17, 15) is 37.2 Å². The van der Waals surface area contributed by atoms with Crippen molar-refractivity contribution >= 4 is 46.0 Å². The van der Waals surface area contributed by atoms with Crippen molar-refractivity contribution in [3.63, 3.8) is 0 Å². The Morgan fingerprint density at radius 1 is 0.952 bits per heavy atom. The average molecular weight is 887 g/mol. The van der Waals surface area contributed by atoms with Gasteiger partial charge in [-0.15, -0.1) is 0 Å². The monoisotopic (exact) mass is 886 g/mol. The number of benzene rings is 1. The lowest BCUT2D eigenvalue weighted by molar-refractivity contribution is -0.141. The van der Waals surface area contributed by atoms with Gasteiger partial charge in [0.15, 0.2) is 0 Å². The van der Waals surface area contributed by atoms with Crippen LogP contribution in [0.4, 0.5) is 14.4 Å². The van der Waals surface area contributed by atoms with Crippen molar-refractivity contribution in [3.8, 4) is 5.75 Å². The van der Waals surface area contributed by atoms with Gasteiger partial charge in [0, 0.05) is 38.5 Å². The molecule has 20 heteroatoms. The van der Waals surface area contributed by atoms with E-state index in [0.29, 0.717) is 57.7 Å². The standard InChI is InChI=1S/C42H58N6O13S/c1-41(2,3)61-38(52)43-33-10-8-6-4-5-7-9-29-23-42(29,37(51)45-62(55,56)32-13-14-32)44-35(49)34-22-31(26-48(34)36(33)50)60-40(54)47-24-27-11-12-30(21-28(27)25-47)58-19-20-59-39(53)46-15-17-57-18-16-46/h7,9,11-12,21,29,31-34H,4-6,8,10,13-20,22-26H2,1-3H3,(H,43,52)(H,44,49)(H,45,51)/b9-7-/t29-,31-,33+,34+,42-/m1/s1. The first-order valence-electron chi connectivity index (χ1n) is 21.6. The van der Waals surface area contributed by atoms with Gasteiger partial charge < -0.3 is 44.1 Å². The van der Waals surface area contributed by atoms with E-state index in [-0.39, 0.29) is 52.1 Å². The molecule has 0 radical (unpaired) electrons. The number of carbonyl (C=O) groups is 6. The predicted octanol–water partition coefficient (Wildman–Crippen LogP) is 2.85. The molecule has 5 atom stereocenters. The Balaban J connectivity index is 1.03. The van der Waals surface area contributed by atoms with Crippen LogP contribution in [0.5, 0.6) is 5.75 Å². The minimum atomic E-state index is -3.94. The third-order valence-corrected chi connectivity index (χ3v) is 13.6. The van der Waals surface area contributed by atoms with E-state index in [0.717, 1.165) is 24.0 Å². The van der Waals surface area contributed by atoms with Crippen LogP contribution in [0, 0.1) is 5.92 Å². The highest BCUT2D eigenvalue weighted by atomic mass is 32.2. The summed E-state index contributed by atoms with van der Waals surface area (Å²) in [6, 6.07) is 3.10. The summed E-state index contributed by atoms with van der Waals surface area (Å²) in [7, 11) is -3.94. The molecule has 340 valence electrons. The number of ether oxygens (including phenoxy) is 5. The number of allylic oxidation sites excluding steroid dienone is 1. The van der Waals surface area contributed by atoms with Crippen LogP contribution >= 0.6 is 0 Å². The number of hydrogen-bond acceptors (Lipinski definition) is 13. The number of nitrogens with one attached hydrogen (secondary N) is 3. The number of nitrogens with zero attached hydrogens (tertiary/aromatic N) is 3. The van der Waals surface area contributed by atoms with Gasteiger partial charge in [-0.1, -0.05) is 31.1 Å². The van der Waals surface area contributed by atoms with Gasteiger partial charge in [0.25, 0.3) is 5.91 Å². The van der Waals surface area contributed by atoms with E-state index in [1.165, 1.54) is 9.80 Å². The van der Waals surface area contributed by atoms with Gasteiger partial charge in [-0.05, 0) is 82.6 Å². The number of hydrogen-bond donors (Lipinski definition) is 3. The fraction of sp³-hybridized carbons (Fsp3) is 0.667. The summed E-state index contributed by atoms with van der Waals surface area (Å²) < 4.78 is 55.8. The van der Waals surface area contributed by atoms with Gasteiger partial charge in [0.2, 0.25) is 21.8 Å². The van der Waals surface area contributed by atoms with Crippen molar-refractivity contribution in [1.82, 2.24) is 30.1 Å². The molecule has 0 unspecified atom stereocenters. The fourth-order valence-electron chi connectivity index (χ4n) is 8.23. The zero-order valence-electron chi connectivity index (χ0n) is 35.6. The van der Waals surface area contributed by atoms with E-state index in [1.54, 1.807) is 31.7 Å². The molecule has 2 saturated carbocycles. The number of alkyl carbamates (subject to hydrolysis) is 1. The van der Waals surface area contributed by atoms with Crippen molar-refractivity contribution in [1.29, 1.82) is 0 Å². The molecule has 6 aliphatic rings. The average Bonchev–Trinajstić information content (AvgIpc) is 4.11. The lowest BCUT2D eigenvalue weighted by Crippen LogP contribution is -2.58. The fourth-order valence-corrected chi connectivity index (χ4v) is 9.59. The number of fused-ring (bicyclic) bond motifs is 3. The molecule has 3 N–H and O–H groups in total. The van der Waals surface area contributed by atoms with Crippen LogP contribution in [0.1, 0.15) is 89.7 Å². The van der Waals surface area contributed by atoms with Crippen LogP contribution < -0.4 is 20.1 Å². The maximum Gasteiger partial charge on any atom is 0.410 e. The second-order valence-electron chi connectivity index (χ2n) is 17.8. The molecule has 7 rings (SSSR count). The van der Waals surface area contributed by atoms with Crippen LogP contribution in [-0.4, -0.2) is 140 Å². The molecule has 0 spiro atoms. The molecule has 2 saturated heterocycles. The first-order chi connectivity index (χ1) is 29.5. The molecular weight excluding hydrogens is 829 g/mol. The zero-order valence-corrected chi connectivity index (χ0v) is 36.4.